The number of fused-ring (bicyclic) bond motifs is 2. The first-order valence-electron chi connectivity index (χ1n) is 10.2. The fourth-order valence-corrected chi connectivity index (χ4v) is 4.78. The summed E-state index contributed by atoms with van der Waals surface area (Å²) >= 11 is 0. The first-order chi connectivity index (χ1) is 13.7. The number of nitrogens with one attached hydrogen (secondary N) is 1. The Bertz CT molecular complexity index is 828. The van der Waals surface area contributed by atoms with E-state index in [9.17, 15) is 9.18 Å². The van der Waals surface area contributed by atoms with Crippen molar-refractivity contribution in [2.45, 2.75) is 19.4 Å². The number of benzene rings is 1. The highest BCUT2D eigenvalue weighted by molar-refractivity contribution is 6.09. The second-order valence-corrected chi connectivity index (χ2v) is 8.12. The van der Waals surface area contributed by atoms with Gasteiger partial charge in [0.2, 0.25) is 5.96 Å². The number of hydrogen-bond donors (Lipinski definition) is 1. The van der Waals surface area contributed by atoms with Crippen LogP contribution in [0.1, 0.15) is 18.4 Å². The maximum absolute atomic E-state index is 13.4. The Balaban J connectivity index is 1.38. The van der Waals surface area contributed by atoms with Gasteiger partial charge in [-0.3, -0.25) is 19.6 Å². The largest absolute Gasteiger partial charge is 0.316 e. The van der Waals surface area contributed by atoms with Gasteiger partial charge in [-0.15, -0.1) is 0 Å². The molecular formula is C21H26FN5O. The molecular weight excluding hydrogens is 357 g/mol. The first kappa shape index (κ1) is 17.8. The summed E-state index contributed by atoms with van der Waals surface area (Å²) in [6.07, 6.45) is 2.13. The van der Waals surface area contributed by atoms with Crippen LogP contribution in [0.2, 0.25) is 0 Å². The lowest BCUT2D eigenvalue weighted by molar-refractivity contribution is -0.125. The molecule has 1 N–H and O–H groups in total. The van der Waals surface area contributed by atoms with Crippen molar-refractivity contribution in [2.24, 2.45) is 10.9 Å². The number of guanidine groups is 1. The number of rotatable bonds is 4. The average molecular weight is 383 g/mol. The Labute approximate surface area is 164 Å². The molecule has 5 rings (SSSR count). The lowest BCUT2D eigenvalue weighted by Crippen LogP contribution is -2.54. The molecule has 1 fully saturated rings. The van der Waals surface area contributed by atoms with Gasteiger partial charge >= 0.3 is 0 Å². The Kier molecular flexibility index (Phi) is 4.64. The van der Waals surface area contributed by atoms with Gasteiger partial charge in [0.25, 0.3) is 5.91 Å². The van der Waals surface area contributed by atoms with Gasteiger partial charge in [-0.25, -0.2) is 4.39 Å². The van der Waals surface area contributed by atoms with E-state index in [2.05, 4.69) is 20.1 Å². The van der Waals surface area contributed by atoms with Gasteiger partial charge in [-0.2, -0.15) is 0 Å². The van der Waals surface area contributed by atoms with Gasteiger partial charge in [-0.05, 0) is 43.1 Å². The van der Waals surface area contributed by atoms with E-state index >= 15 is 0 Å². The second kappa shape index (κ2) is 7.29. The summed E-state index contributed by atoms with van der Waals surface area (Å²) < 4.78 is 13.3. The van der Waals surface area contributed by atoms with Crippen LogP contribution in [-0.2, 0) is 11.3 Å². The van der Waals surface area contributed by atoms with Gasteiger partial charge in [0.15, 0.2) is 0 Å². The van der Waals surface area contributed by atoms with Crippen molar-refractivity contribution in [1.82, 2.24) is 20.0 Å². The van der Waals surface area contributed by atoms with E-state index in [0.717, 1.165) is 68.5 Å². The molecule has 1 atom stereocenters. The first-order valence-corrected chi connectivity index (χ1v) is 10.2. The SMILES string of the molecule is O=C1C2=C(CCN(CC3CCNC3)C2)N2CCN=C2N1Cc1ccc(F)cc1. The summed E-state index contributed by atoms with van der Waals surface area (Å²) in [4.78, 5) is 24.5. The Morgan fingerprint density at radius 2 is 2.07 bits per heavy atom. The highest BCUT2D eigenvalue weighted by Crippen LogP contribution is 2.32. The molecule has 1 aromatic carbocycles. The average Bonchev–Trinajstić information content (AvgIpc) is 3.39. The normalized spacial score (nSPS) is 25.2. The monoisotopic (exact) mass is 383 g/mol. The van der Waals surface area contributed by atoms with Gasteiger partial charge in [0.05, 0.1) is 18.7 Å². The van der Waals surface area contributed by atoms with Gasteiger partial charge in [0.1, 0.15) is 5.82 Å². The number of carbonyl (C=O) groups excluding carboxylic acids is 1. The van der Waals surface area contributed by atoms with E-state index in [0.29, 0.717) is 19.0 Å². The summed E-state index contributed by atoms with van der Waals surface area (Å²) in [6, 6.07) is 6.38. The maximum Gasteiger partial charge on any atom is 0.259 e. The van der Waals surface area contributed by atoms with Crippen LogP contribution in [-0.4, -0.2) is 72.4 Å². The summed E-state index contributed by atoms with van der Waals surface area (Å²) in [5.41, 5.74) is 3.00. The molecule has 4 aliphatic rings. The fraction of sp³-hybridized carbons (Fsp3) is 0.524. The molecule has 4 aliphatic heterocycles. The van der Waals surface area contributed by atoms with Crippen molar-refractivity contribution >= 4 is 11.9 Å². The van der Waals surface area contributed by atoms with Crippen LogP contribution < -0.4 is 5.32 Å². The molecule has 0 spiro atoms. The highest BCUT2D eigenvalue weighted by atomic mass is 19.1. The smallest absolute Gasteiger partial charge is 0.259 e. The van der Waals surface area contributed by atoms with E-state index in [4.69, 9.17) is 0 Å². The summed E-state index contributed by atoms with van der Waals surface area (Å²) in [6.45, 7) is 6.94. The third-order valence-electron chi connectivity index (χ3n) is 6.22. The molecule has 0 aliphatic carbocycles. The topological polar surface area (TPSA) is 51.2 Å². The summed E-state index contributed by atoms with van der Waals surface area (Å²) in [5, 5.41) is 3.43. The Hall–Kier alpha value is -2.25. The third kappa shape index (κ3) is 3.22. The number of nitrogens with zero attached hydrogens (tertiary/aromatic N) is 4. The summed E-state index contributed by atoms with van der Waals surface area (Å²) in [5.74, 6) is 1.25. The van der Waals surface area contributed by atoms with Crippen molar-refractivity contribution < 1.29 is 9.18 Å². The minimum atomic E-state index is -0.261. The van der Waals surface area contributed by atoms with Crippen molar-refractivity contribution in [3.63, 3.8) is 0 Å². The van der Waals surface area contributed by atoms with Crippen molar-refractivity contribution in [3.8, 4) is 0 Å². The van der Waals surface area contributed by atoms with Crippen molar-refractivity contribution in [2.75, 3.05) is 45.8 Å². The zero-order valence-electron chi connectivity index (χ0n) is 16.0. The molecule has 0 radical (unpaired) electrons. The molecule has 1 aromatic rings. The molecule has 4 heterocycles. The van der Waals surface area contributed by atoms with Crippen molar-refractivity contribution in [1.29, 1.82) is 0 Å². The van der Waals surface area contributed by atoms with Gasteiger partial charge in [0, 0.05) is 38.3 Å². The molecule has 148 valence electrons. The van der Waals surface area contributed by atoms with Crippen LogP contribution in [0, 0.1) is 11.7 Å². The van der Waals surface area contributed by atoms with E-state index in [-0.39, 0.29) is 11.7 Å². The molecule has 0 aromatic heterocycles. The Morgan fingerprint density at radius 1 is 1.21 bits per heavy atom. The molecule has 28 heavy (non-hydrogen) atoms. The zero-order valence-corrected chi connectivity index (χ0v) is 16.0. The predicted octanol–water partition coefficient (Wildman–Crippen LogP) is 1.41. The number of aliphatic imine (C=N–C) groups is 1. The molecule has 1 amide bonds. The Morgan fingerprint density at radius 3 is 2.86 bits per heavy atom. The molecule has 1 saturated heterocycles. The van der Waals surface area contributed by atoms with E-state index in [1.54, 1.807) is 17.0 Å². The number of carbonyl (C=O) groups is 1. The quantitative estimate of drug-likeness (QED) is 0.854. The third-order valence-corrected chi connectivity index (χ3v) is 6.22. The standard InChI is InChI=1S/C21H26FN5O/c22-17-3-1-15(2-4-17)13-27-20(28)18-14-25(12-16-5-7-23-11-16)9-6-19(18)26-10-8-24-21(26)27/h1-4,16,23H,5-14H2. The maximum atomic E-state index is 13.4. The van der Waals surface area contributed by atoms with E-state index in [1.807, 2.05) is 0 Å². The highest BCUT2D eigenvalue weighted by Gasteiger charge is 2.41. The summed E-state index contributed by atoms with van der Waals surface area (Å²) in [7, 11) is 0. The lowest BCUT2D eigenvalue weighted by Gasteiger charge is -2.42. The predicted molar refractivity (Wildman–Crippen MR) is 105 cm³/mol. The molecule has 0 saturated carbocycles. The fourth-order valence-electron chi connectivity index (χ4n) is 4.78. The lowest BCUT2D eigenvalue weighted by atomic mass is 9.99. The zero-order chi connectivity index (χ0) is 19.1. The minimum Gasteiger partial charge on any atom is -0.316 e. The van der Waals surface area contributed by atoms with Crippen molar-refractivity contribution in [3.05, 3.63) is 46.9 Å². The molecule has 6 nitrogen and oxygen atoms in total. The van der Waals surface area contributed by atoms with Crippen LogP contribution in [0.4, 0.5) is 4.39 Å². The van der Waals surface area contributed by atoms with E-state index in [1.165, 1.54) is 18.6 Å². The minimum absolute atomic E-state index is 0.0606. The molecule has 7 heteroatoms. The molecule has 1 unspecified atom stereocenters. The number of halogens is 1. The number of hydrogen-bond acceptors (Lipinski definition) is 5. The van der Waals surface area contributed by atoms with E-state index < -0.39 is 0 Å². The van der Waals surface area contributed by atoms with Crippen LogP contribution >= 0.6 is 0 Å². The van der Waals surface area contributed by atoms with Crippen LogP contribution in [0.15, 0.2) is 40.5 Å². The number of amides is 1. The molecule has 0 bridgehead atoms. The van der Waals surface area contributed by atoms with Crippen LogP contribution in [0.25, 0.3) is 0 Å². The van der Waals surface area contributed by atoms with Gasteiger partial charge in [-0.1, -0.05) is 12.1 Å². The second-order valence-electron chi connectivity index (χ2n) is 8.12. The van der Waals surface area contributed by atoms with Crippen LogP contribution in [0.5, 0.6) is 0 Å². The van der Waals surface area contributed by atoms with Gasteiger partial charge < -0.3 is 10.2 Å². The van der Waals surface area contributed by atoms with Crippen LogP contribution in [0.3, 0.4) is 0 Å².